The smallest absolute Gasteiger partial charge is 0.306 e. The molecule has 2 fully saturated rings. The van der Waals surface area contributed by atoms with Gasteiger partial charge in [0.05, 0.1) is 12.5 Å². The standard InChI is InChI=1S/C15H26N2O3/c1-11-4-3-5-12(2)17(11)10-14(18)16-8-6-13(7-9-16)15(19)20/h11-13H,3-10H2,1-2H3,(H,19,20). The molecule has 2 saturated heterocycles. The molecule has 0 aliphatic carbocycles. The maximum absolute atomic E-state index is 12.4. The highest BCUT2D eigenvalue weighted by atomic mass is 16.4. The Morgan fingerprint density at radius 1 is 1.05 bits per heavy atom. The number of rotatable bonds is 3. The SMILES string of the molecule is CC1CCCC(C)N1CC(=O)N1CCC(C(=O)O)CC1. The molecule has 0 bridgehead atoms. The summed E-state index contributed by atoms with van der Waals surface area (Å²) in [5.41, 5.74) is 0. The van der Waals surface area contributed by atoms with Gasteiger partial charge in [-0.1, -0.05) is 6.42 Å². The lowest BCUT2D eigenvalue weighted by Gasteiger charge is -2.40. The summed E-state index contributed by atoms with van der Waals surface area (Å²) in [7, 11) is 0. The highest BCUT2D eigenvalue weighted by Gasteiger charge is 2.31. The Labute approximate surface area is 120 Å². The lowest BCUT2D eigenvalue weighted by Crippen LogP contribution is -2.51. The second-order valence-electron chi connectivity index (χ2n) is 6.29. The summed E-state index contributed by atoms with van der Waals surface area (Å²) in [4.78, 5) is 27.4. The first-order chi connectivity index (χ1) is 9.49. The van der Waals surface area contributed by atoms with Crippen LogP contribution in [0.1, 0.15) is 46.0 Å². The van der Waals surface area contributed by atoms with Crippen molar-refractivity contribution in [2.75, 3.05) is 19.6 Å². The number of carbonyl (C=O) groups excluding carboxylic acids is 1. The van der Waals surface area contributed by atoms with Gasteiger partial charge in [0.15, 0.2) is 0 Å². The fourth-order valence-corrected chi connectivity index (χ4v) is 3.42. The van der Waals surface area contributed by atoms with Gasteiger partial charge >= 0.3 is 5.97 Å². The Balaban J connectivity index is 1.84. The van der Waals surface area contributed by atoms with E-state index in [0.29, 0.717) is 44.6 Å². The van der Waals surface area contributed by atoms with Gasteiger partial charge in [0.25, 0.3) is 0 Å². The van der Waals surface area contributed by atoms with Crippen LogP contribution in [-0.2, 0) is 9.59 Å². The van der Waals surface area contributed by atoms with Crippen LogP contribution >= 0.6 is 0 Å². The Bertz CT molecular complexity index is 354. The zero-order valence-electron chi connectivity index (χ0n) is 12.5. The topological polar surface area (TPSA) is 60.9 Å². The fourth-order valence-electron chi connectivity index (χ4n) is 3.42. The lowest BCUT2D eigenvalue weighted by atomic mass is 9.96. The highest BCUT2D eigenvalue weighted by molar-refractivity contribution is 5.79. The zero-order valence-corrected chi connectivity index (χ0v) is 12.5. The molecule has 0 aromatic carbocycles. The Kier molecular flexibility index (Phi) is 5.02. The maximum Gasteiger partial charge on any atom is 0.306 e. The van der Waals surface area contributed by atoms with Crippen LogP contribution in [0.3, 0.4) is 0 Å². The predicted octanol–water partition coefficient (Wildman–Crippen LogP) is 1.57. The van der Waals surface area contributed by atoms with E-state index in [1.165, 1.54) is 19.3 Å². The summed E-state index contributed by atoms with van der Waals surface area (Å²) in [6.07, 6.45) is 4.76. The maximum atomic E-state index is 12.4. The van der Waals surface area contributed by atoms with Crippen LogP contribution in [-0.4, -0.2) is 58.5 Å². The largest absolute Gasteiger partial charge is 0.481 e. The van der Waals surface area contributed by atoms with Crippen molar-refractivity contribution in [3.05, 3.63) is 0 Å². The number of amides is 1. The van der Waals surface area contributed by atoms with E-state index >= 15 is 0 Å². The minimum absolute atomic E-state index is 0.162. The number of piperidine rings is 2. The normalized spacial score (nSPS) is 29.4. The minimum Gasteiger partial charge on any atom is -0.481 e. The van der Waals surface area contributed by atoms with Crippen molar-refractivity contribution in [1.82, 2.24) is 9.80 Å². The minimum atomic E-state index is -0.727. The summed E-state index contributed by atoms with van der Waals surface area (Å²) in [5.74, 6) is -0.836. The Morgan fingerprint density at radius 2 is 1.60 bits per heavy atom. The van der Waals surface area contributed by atoms with E-state index in [0.717, 1.165) is 0 Å². The molecular weight excluding hydrogens is 256 g/mol. The number of carbonyl (C=O) groups is 2. The summed E-state index contributed by atoms with van der Waals surface area (Å²) >= 11 is 0. The van der Waals surface area contributed by atoms with E-state index in [9.17, 15) is 9.59 Å². The Morgan fingerprint density at radius 3 is 2.10 bits per heavy atom. The van der Waals surface area contributed by atoms with Crippen LogP contribution in [0.2, 0.25) is 0 Å². The second-order valence-corrected chi connectivity index (χ2v) is 6.29. The number of hydrogen-bond donors (Lipinski definition) is 1. The third-order valence-corrected chi connectivity index (χ3v) is 4.89. The van der Waals surface area contributed by atoms with Crippen LogP contribution in [0.4, 0.5) is 0 Å². The number of carboxylic acid groups (broad SMARTS) is 1. The molecule has 20 heavy (non-hydrogen) atoms. The first-order valence-corrected chi connectivity index (χ1v) is 7.75. The molecule has 2 rings (SSSR count). The summed E-state index contributed by atoms with van der Waals surface area (Å²) in [6, 6.07) is 0.943. The van der Waals surface area contributed by atoms with Crippen molar-refractivity contribution < 1.29 is 14.7 Å². The zero-order chi connectivity index (χ0) is 14.7. The van der Waals surface area contributed by atoms with Crippen LogP contribution < -0.4 is 0 Å². The van der Waals surface area contributed by atoms with E-state index < -0.39 is 5.97 Å². The molecule has 1 amide bonds. The molecule has 0 aromatic heterocycles. The van der Waals surface area contributed by atoms with E-state index in [4.69, 9.17) is 5.11 Å². The van der Waals surface area contributed by atoms with Gasteiger partial charge in [0, 0.05) is 25.2 Å². The third-order valence-electron chi connectivity index (χ3n) is 4.89. The predicted molar refractivity (Wildman–Crippen MR) is 76.4 cm³/mol. The Hall–Kier alpha value is -1.10. The number of hydrogen-bond acceptors (Lipinski definition) is 3. The highest BCUT2D eigenvalue weighted by Crippen LogP contribution is 2.23. The molecule has 5 heteroatoms. The average molecular weight is 282 g/mol. The molecule has 0 saturated carbocycles. The van der Waals surface area contributed by atoms with Gasteiger partial charge in [-0.3, -0.25) is 14.5 Å². The van der Waals surface area contributed by atoms with Crippen molar-refractivity contribution in [2.45, 2.75) is 58.0 Å². The first-order valence-electron chi connectivity index (χ1n) is 7.75. The summed E-state index contributed by atoms with van der Waals surface area (Å²) < 4.78 is 0. The quantitative estimate of drug-likeness (QED) is 0.853. The van der Waals surface area contributed by atoms with Crippen molar-refractivity contribution >= 4 is 11.9 Å². The van der Waals surface area contributed by atoms with E-state index in [2.05, 4.69) is 18.7 Å². The molecule has 114 valence electrons. The lowest BCUT2D eigenvalue weighted by molar-refractivity contribution is -0.146. The fraction of sp³-hybridized carbons (Fsp3) is 0.867. The second kappa shape index (κ2) is 6.57. The molecule has 2 heterocycles. The van der Waals surface area contributed by atoms with Crippen LogP contribution in [0.25, 0.3) is 0 Å². The van der Waals surface area contributed by atoms with Crippen molar-refractivity contribution in [1.29, 1.82) is 0 Å². The number of nitrogens with zero attached hydrogens (tertiary/aromatic N) is 2. The van der Waals surface area contributed by atoms with Gasteiger partial charge in [0.1, 0.15) is 0 Å². The summed E-state index contributed by atoms with van der Waals surface area (Å²) in [6.45, 7) is 6.05. The molecule has 0 radical (unpaired) electrons. The molecule has 2 atom stereocenters. The van der Waals surface area contributed by atoms with E-state index in [1.807, 2.05) is 4.90 Å². The molecule has 2 unspecified atom stereocenters. The number of likely N-dealkylation sites (tertiary alicyclic amines) is 2. The van der Waals surface area contributed by atoms with E-state index in [1.54, 1.807) is 0 Å². The van der Waals surface area contributed by atoms with Gasteiger partial charge < -0.3 is 10.0 Å². The van der Waals surface area contributed by atoms with Crippen molar-refractivity contribution in [3.63, 3.8) is 0 Å². The average Bonchev–Trinajstić information content (AvgIpc) is 2.43. The third kappa shape index (κ3) is 3.51. The first kappa shape index (κ1) is 15.3. The van der Waals surface area contributed by atoms with Gasteiger partial charge in [-0.2, -0.15) is 0 Å². The van der Waals surface area contributed by atoms with Gasteiger partial charge in [-0.05, 0) is 39.5 Å². The van der Waals surface area contributed by atoms with Crippen LogP contribution in [0, 0.1) is 5.92 Å². The van der Waals surface area contributed by atoms with Gasteiger partial charge in [-0.15, -0.1) is 0 Å². The molecule has 2 aliphatic rings. The molecule has 2 aliphatic heterocycles. The molecule has 1 N–H and O–H groups in total. The van der Waals surface area contributed by atoms with Gasteiger partial charge in [0.2, 0.25) is 5.91 Å². The van der Waals surface area contributed by atoms with Crippen LogP contribution in [0.5, 0.6) is 0 Å². The molecule has 0 spiro atoms. The summed E-state index contributed by atoms with van der Waals surface area (Å²) in [5, 5.41) is 8.98. The monoisotopic (exact) mass is 282 g/mol. The van der Waals surface area contributed by atoms with Crippen molar-refractivity contribution in [2.24, 2.45) is 5.92 Å². The van der Waals surface area contributed by atoms with Crippen LogP contribution in [0.15, 0.2) is 0 Å². The van der Waals surface area contributed by atoms with E-state index in [-0.39, 0.29) is 11.8 Å². The van der Waals surface area contributed by atoms with Crippen molar-refractivity contribution in [3.8, 4) is 0 Å². The molecule has 5 nitrogen and oxygen atoms in total. The van der Waals surface area contributed by atoms with Gasteiger partial charge in [-0.25, -0.2) is 0 Å². The molecular formula is C15H26N2O3. The number of aliphatic carboxylic acids is 1. The molecule has 0 aromatic rings. The number of carboxylic acids is 1.